The highest BCUT2D eigenvalue weighted by Crippen LogP contribution is 2.61. The number of amides is 1. The first-order valence-corrected chi connectivity index (χ1v) is 7.93. The molecule has 7 nitrogen and oxygen atoms in total. The van der Waals surface area contributed by atoms with Crippen LogP contribution in [0.2, 0.25) is 10.0 Å². The molecule has 1 aromatic rings. The fraction of sp³-hybridized carbons (Fsp3) is 0.400. The Bertz CT molecular complexity index is 735. The summed E-state index contributed by atoms with van der Waals surface area (Å²) in [5.41, 5.74) is 4.47. The normalized spacial score (nSPS) is 33.6. The number of rotatable bonds is 4. The molecular formula is C15H14Cl2N2O5. The molecule has 2 aliphatic carbocycles. The summed E-state index contributed by atoms with van der Waals surface area (Å²) in [6, 6.07) is 3.68. The van der Waals surface area contributed by atoms with E-state index in [1.54, 1.807) is 0 Å². The number of fused-ring (bicyclic) bond motifs is 1. The molecule has 0 heterocycles. The van der Waals surface area contributed by atoms with Gasteiger partial charge in [0.05, 0.1) is 5.92 Å². The summed E-state index contributed by atoms with van der Waals surface area (Å²) in [7, 11) is 0. The van der Waals surface area contributed by atoms with Crippen LogP contribution in [0, 0.1) is 17.8 Å². The van der Waals surface area contributed by atoms with Crippen LogP contribution in [0.5, 0.6) is 0 Å². The SMILES string of the molecule is N[C@@]1(C(=O)O)C[C@H](NC(=O)c2cc(Cl)cc(Cl)c2)[C@H]2[C@H](C(=O)O)[C@H]21. The van der Waals surface area contributed by atoms with E-state index in [0.717, 1.165) is 0 Å². The number of carbonyl (C=O) groups excluding carboxylic acids is 1. The first-order chi connectivity index (χ1) is 11.1. The minimum absolute atomic E-state index is 0.0263. The van der Waals surface area contributed by atoms with Crippen molar-refractivity contribution < 1.29 is 24.6 Å². The molecule has 2 fully saturated rings. The Hall–Kier alpha value is -1.83. The van der Waals surface area contributed by atoms with Crippen LogP contribution < -0.4 is 11.1 Å². The van der Waals surface area contributed by atoms with Crippen molar-refractivity contribution in [1.82, 2.24) is 5.32 Å². The molecule has 0 saturated heterocycles. The smallest absolute Gasteiger partial charge is 0.324 e. The molecule has 2 saturated carbocycles. The highest BCUT2D eigenvalue weighted by atomic mass is 35.5. The zero-order valence-corrected chi connectivity index (χ0v) is 13.7. The molecule has 128 valence electrons. The molecule has 0 spiro atoms. The van der Waals surface area contributed by atoms with Crippen molar-refractivity contribution in [2.75, 3.05) is 0 Å². The van der Waals surface area contributed by atoms with Gasteiger partial charge < -0.3 is 21.3 Å². The van der Waals surface area contributed by atoms with Crippen LogP contribution in [0.1, 0.15) is 16.8 Å². The number of halogens is 2. The van der Waals surface area contributed by atoms with E-state index in [4.69, 9.17) is 28.9 Å². The lowest BCUT2D eigenvalue weighted by Crippen LogP contribution is -2.52. The van der Waals surface area contributed by atoms with Gasteiger partial charge in [0.25, 0.3) is 5.91 Å². The van der Waals surface area contributed by atoms with E-state index in [1.165, 1.54) is 18.2 Å². The minimum atomic E-state index is -1.66. The molecule has 0 unspecified atom stereocenters. The summed E-state index contributed by atoms with van der Waals surface area (Å²) >= 11 is 11.7. The molecule has 0 bridgehead atoms. The van der Waals surface area contributed by atoms with Crippen molar-refractivity contribution in [1.29, 1.82) is 0 Å². The van der Waals surface area contributed by atoms with Crippen LogP contribution in [0.25, 0.3) is 0 Å². The van der Waals surface area contributed by atoms with Gasteiger partial charge in [-0.15, -0.1) is 0 Å². The zero-order valence-electron chi connectivity index (χ0n) is 12.2. The van der Waals surface area contributed by atoms with Gasteiger partial charge in [0.15, 0.2) is 0 Å². The highest BCUT2D eigenvalue weighted by Gasteiger charge is 2.74. The van der Waals surface area contributed by atoms with Crippen LogP contribution in [0.3, 0.4) is 0 Å². The van der Waals surface area contributed by atoms with Crippen LogP contribution in [-0.2, 0) is 9.59 Å². The highest BCUT2D eigenvalue weighted by molar-refractivity contribution is 6.35. The Morgan fingerprint density at radius 1 is 1.17 bits per heavy atom. The molecule has 9 heteroatoms. The van der Waals surface area contributed by atoms with Gasteiger partial charge in [-0.2, -0.15) is 0 Å². The number of hydrogen-bond donors (Lipinski definition) is 4. The van der Waals surface area contributed by atoms with E-state index >= 15 is 0 Å². The Morgan fingerprint density at radius 2 is 1.75 bits per heavy atom. The predicted molar refractivity (Wildman–Crippen MR) is 85.0 cm³/mol. The molecule has 1 aromatic carbocycles. The molecule has 0 aromatic heterocycles. The van der Waals surface area contributed by atoms with Crippen molar-refractivity contribution in [3.8, 4) is 0 Å². The number of nitrogens with one attached hydrogen (secondary N) is 1. The zero-order chi connectivity index (χ0) is 17.8. The first kappa shape index (κ1) is 17.0. The van der Waals surface area contributed by atoms with Crippen molar-refractivity contribution in [2.45, 2.75) is 18.0 Å². The summed E-state index contributed by atoms with van der Waals surface area (Å²) in [6.45, 7) is 0. The number of aliphatic carboxylic acids is 2. The summed E-state index contributed by atoms with van der Waals surface area (Å²) in [5, 5.41) is 21.8. The standard InChI is InChI=1S/C15H14Cl2N2O5/c16-6-1-5(2-7(17)3-6)12(20)19-8-4-15(18,14(23)24)11-9(8)10(11)13(21)22/h1-3,8-11H,4,18H2,(H,19,20)(H,21,22)(H,23,24)/t8-,9-,10-,11-,15-/m0/s1. The predicted octanol–water partition coefficient (Wildman–Crippen LogP) is 1.22. The largest absolute Gasteiger partial charge is 0.481 e. The van der Waals surface area contributed by atoms with Crippen molar-refractivity contribution in [2.24, 2.45) is 23.5 Å². The lowest BCUT2D eigenvalue weighted by atomic mass is 9.90. The van der Waals surface area contributed by atoms with Crippen LogP contribution >= 0.6 is 23.2 Å². The number of carboxylic acid groups (broad SMARTS) is 2. The topological polar surface area (TPSA) is 130 Å². The van der Waals surface area contributed by atoms with Crippen molar-refractivity contribution in [3.05, 3.63) is 33.8 Å². The van der Waals surface area contributed by atoms with Crippen molar-refractivity contribution in [3.63, 3.8) is 0 Å². The molecule has 0 radical (unpaired) electrons. The molecule has 5 N–H and O–H groups in total. The van der Waals surface area contributed by atoms with Crippen LogP contribution in [0.15, 0.2) is 18.2 Å². The average molecular weight is 373 g/mol. The first-order valence-electron chi connectivity index (χ1n) is 7.17. The van der Waals surface area contributed by atoms with E-state index in [9.17, 15) is 24.6 Å². The van der Waals surface area contributed by atoms with Crippen LogP contribution in [0.4, 0.5) is 0 Å². The van der Waals surface area contributed by atoms with Crippen LogP contribution in [-0.4, -0.2) is 39.6 Å². The Morgan fingerprint density at radius 3 is 2.25 bits per heavy atom. The second-order valence-electron chi connectivity index (χ2n) is 6.25. The van der Waals surface area contributed by atoms with E-state index in [2.05, 4.69) is 5.32 Å². The van der Waals surface area contributed by atoms with Crippen molar-refractivity contribution >= 4 is 41.0 Å². The quantitative estimate of drug-likeness (QED) is 0.628. The maximum Gasteiger partial charge on any atom is 0.324 e. The number of nitrogens with two attached hydrogens (primary N) is 1. The van der Waals surface area contributed by atoms with Gasteiger partial charge in [-0.25, -0.2) is 0 Å². The van der Waals surface area contributed by atoms with Gasteiger partial charge in [-0.3, -0.25) is 14.4 Å². The summed E-state index contributed by atoms with van der Waals surface area (Å²) < 4.78 is 0. The van der Waals surface area contributed by atoms with E-state index < -0.39 is 47.2 Å². The number of benzene rings is 1. The Balaban J connectivity index is 1.81. The van der Waals surface area contributed by atoms with Gasteiger partial charge >= 0.3 is 11.9 Å². The third-order valence-corrected chi connectivity index (χ3v) is 5.25. The van der Waals surface area contributed by atoms with E-state index in [0.29, 0.717) is 0 Å². The number of carboxylic acids is 2. The Kier molecular flexibility index (Phi) is 3.98. The monoisotopic (exact) mass is 372 g/mol. The Labute approximate surface area is 146 Å². The fourth-order valence-corrected chi connectivity index (χ4v) is 4.29. The second-order valence-corrected chi connectivity index (χ2v) is 7.13. The summed E-state index contributed by atoms with van der Waals surface area (Å²) in [4.78, 5) is 35.1. The van der Waals surface area contributed by atoms with Gasteiger partial charge in [-0.05, 0) is 30.5 Å². The molecule has 3 rings (SSSR count). The maximum atomic E-state index is 12.4. The average Bonchev–Trinajstić information content (AvgIpc) is 3.15. The molecular weight excluding hydrogens is 359 g/mol. The van der Waals surface area contributed by atoms with E-state index in [-0.39, 0.29) is 22.0 Å². The molecule has 2 aliphatic rings. The van der Waals surface area contributed by atoms with Gasteiger partial charge in [0, 0.05) is 27.6 Å². The number of carbonyl (C=O) groups is 3. The molecule has 24 heavy (non-hydrogen) atoms. The maximum absolute atomic E-state index is 12.4. The third kappa shape index (κ3) is 2.62. The number of hydrogen-bond acceptors (Lipinski definition) is 4. The lowest BCUT2D eigenvalue weighted by Gasteiger charge is -2.25. The van der Waals surface area contributed by atoms with Gasteiger partial charge in [-0.1, -0.05) is 23.2 Å². The fourth-order valence-electron chi connectivity index (χ4n) is 3.77. The van der Waals surface area contributed by atoms with Gasteiger partial charge in [0.2, 0.25) is 0 Å². The van der Waals surface area contributed by atoms with E-state index in [1.807, 2.05) is 0 Å². The minimum Gasteiger partial charge on any atom is -0.481 e. The summed E-state index contributed by atoms with van der Waals surface area (Å²) in [5.74, 6) is -4.93. The van der Waals surface area contributed by atoms with Gasteiger partial charge in [0.1, 0.15) is 5.54 Å². The molecule has 0 aliphatic heterocycles. The summed E-state index contributed by atoms with van der Waals surface area (Å²) in [6.07, 6.45) is -0.0263. The third-order valence-electron chi connectivity index (χ3n) is 4.82. The second kappa shape index (κ2) is 5.61. The molecule has 1 amide bonds. The lowest BCUT2D eigenvalue weighted by molar-refractivity contribution is -0.145. The molecule has 5 atom stereocenters.